The van der Waals surface area contributed by atoms with Gasteiger partial charge in [-0.25, -0.2) is 0 Å². The lowest BCUT2D eigenvalue weighted by Gasteiger charge is -2.26. The van der Waals surface area contributed by atoms with Gasteiger partial charge in [0.05, 0.1) is 24.6 Å². The molecule has 6 rings (SSSR count). The van der Waals surface area contributed by atoms with Crippen molar-refractivity contribution in [3.05, 3.63) is 107 Å². The number of ketones is 1. The van der Waals surface area contributed by atoms with Crippen molar-refractivity contribution in [2.45, 2.75) is 25.7 Å². The fourth-order valence-corrected chi connectivity index (χ4v) is 6.86. The Labute approximate surface area is 321 Å². The number of hydrogen-bond donors (Lipinski definition) is 4. The first-order valence-corrected chi connectivity index (χ1v) is 18.9. The fraction of sp³-hybridized carbons (Fsp3) is 0.390. The lowest BCUT2D eigenvalue weighted by molar-refractivity contribution is 0.0383. The number of nitrogens with zero attached hydrogens (tertiary/aromatic N) is 4. The van der Waals surface area contributed by atoms with Crippen LogP contribution < -0.4 is 21.3 Å². The lowest BCUT2D eigenvalue weighted by Crippen LogP contribution is -2.41. The van der Waals surface area contributed by atoms with Crippen molar-refractivity contribution in [1.82, 2.24) is 29.6 Å². The van der Waals surface area contributed by atoms with Crippen molar-refractivity contribution in [3.63, 3.8) is 0 Å². The number of ether oxygens (including phenoxy) is 1. The van der Waals surface area contributed by atoms with Crippen LogP contribution in [0.4, 0.5) is 11.4 Å². The normalized spacial score (nSPS) is 15.2. The van der Waals surface area contributed by atoms with Crippen LogP contribution >= 0.6 is 0 Å². The van der Waals surface area contributed by atoms with Crippen LogP contribution in [-0.2, 0) is 18.8 Å². The molecule has 4 N–H and O–H groups in total. The molecule has 0 saturated carbocycles. The van der Waals surface area contributed by atoms with E-state index in [9.17, 15) is 24.0 Å². The van der Waals surface area contributed by atoms with Gasteiger partial charge in [-0.3, -0.25) is 28.9 Å². The zero-order chi connectivity index (χ0) is 38.7. The third-order valence-electron chi connectivity index (χ3n) is 10.0. The zero-order valence-electron chi connectivity index (χ0n) is 31.6. The van der Waals surface area contributed by atoms with E-state index in [0.29, 0.717) is 71.3 Å². The van der Waals surface area contributed by atoms with Gasteiger partial charge < -0.3 is 40.0 Å². The first-order valence-electron chi connectivity index (χ1n) is 18.9. The Kier molecular flexibility index (Phi) is 13.3. The average Bonchev–Trinajstić information content (AvgIpc) is 3.63. The van der Waals surface area contributed by atoms with Crippen molar-refractivity contribution < 1.29 is 28.7 Å². The molecule has 2 saturated heterocycles. The topological polar surface area (TPSA) is 159 Å². The minimum atomic E-state index is -0.381. The molecule has 14 heteroatoms. The molecule has 2 aliphatic heterocycles. The number of aromatic nitrogens is 2. The van der Waals surface area contributed by atoms with E-state index in [-0.39, 0.29) is 29.4 Å². The smallest absolute Gasteiger partial charge is 0.268 e. The quantitative estimate of drug-likeness (QED) is 0.142. The van der Waals surface area contributed by atoms with Crippen LogP contribution in [0.5, 0.6) is 0 Å². The average molecular weight is 751 g/mol. The van der Waals surface area contributed by atoms with Crippen molar-refractivity contribution in [2.75, 3.05) is 76.2 Å². The van der Waals surface area contributed by atoms with Gasteiger partial charge in [0.2, 0.25) is 0 Å². The van der Waals surface area contributed by atoms with Gasteiger partial charge in [-0.05, 0) is 62.3 Å². The number of amides is 4. The molecule has 0 unspecified atom stereocenters. The summed E-state index contributed by atoms with van der Waals surface area (Å²) in [6.45, 7) is 7.84. The largest absolute Gasteiger partial charge is 0.379 e. The number of anilines is 2. The second-order valence-electron chi connectivity index (χ2n) is 14.1. The Morgan fingerprint density at radius 2 is 0.945 bits per heavy atom. The van der Waals surface area contributed by atoms with Gasteiger partial charge >= 0.3 is 0 Å². The molecule has 290 valence electrons. The van der Waals surface area contributed by atoms with Crippen molar-refractivity contribution in [1.29, 1.82) is 0 Å². The van der Waals surface area contributed by atoms with E-state index in [1.807, 2.05) is 0 Å². The summed E-state index contributed by atoms with van der Waals surface area (Å²) in [5.41, 5.74) is 3.29. The highest BCUT2D eigenvalue weighted by atomic mass is 16.5. The number of aryl methyl sites for hydroxylation is 2. The molecule has 55 heavy (non-hydrogen) atoms. The summed E-state index contributed by atoms with van der Waals surface area (Å²) in [4.78, 5) is 69.5. The second kappa shape index (κ2) is 18.7. The van der Waals surface area contributed by atoms with E-state index < -0.39 is 0 Å². The first-order chi connectivity index (χ1) is 26.6. The van der Waals surface area contributed by atoms with Crippen LogP contribution in [-0.4, -0.2) is 114 Å². The van der Waals surface area contributed by atoms with Crippen LogP contribution in [0, 0.1) is 0 Å². The molecule has 2 aliphatic rings. The summed E-state index contributed by atoms with van der Waals surface area (Å²) in [6.07, 6.45) is 8.28. The number of rotatable bonds is 14. The fourth-order valence-electron chi connectivity index (χ4n) is 6.86. The standard InChI is InChI=1S/C41H50N8O6/c1-46-27-33(25-35(46)40(53)42-15-19-48-17-5-3-4-6-18-48)44-38(51)31-11-7-29(8-12-31)37(50)30-9-13-32(14-10-30)39(52)45-34-26-36(47(2)28-34)41(54)43-16-20-49-21-23-55-24-22-49/h7-14,25-28H,3-6,15-24H2,1-2H3,(H,42,53)(H,43,54)(H,44,51)(H,45,52). The number of nitrogens with one attached hydrogen (secondary N) is 4. The Bertz CT molecular complexity index is 1970. The van der Waals surface area contributed by atoms with Crippen LogP contribution in [0.2, 0.25) is 0 Å². The molecule has 0 spiro atoms. The maximum atomic E-state index is 13.3. The molecule has 14 nitrogen and oxygen atoms in total. The van der Waals surface area contributed by atoms with Crippen LogP contribution in [0.1, 0.15) is 83.3 Å². The molecular formula is C41H50N8O6. The number of carbonyl (C=O) groups excluding carboxylic acids is 5. The monoisotopic (exact) mass is 750 g/mol. The molecule has 4 aromatic rings. The van der Waals surface area contributed by atoms with E-state index in [1.165, 1.54) is 25.7 Å². The molecule has 0 bridgehead atoms. The van der Waals surface area contributed by atoms with Crippen LogP contribution in [0.3, 0.4) is 0 Å². The third kappa shape index (κ3) is 10.6. The maximum Gasteiger partial charge on any atom is 0.268 e. The Morgan fingerprint density at radius 1 is 0.545 bits per heavy atom. The maximum absolute atomic E-state index is 13.3. The second-order valence-corrected chi connectivity index (χ2v) is 14.1. The molecule has 4 heterocycles. The van der Waals surface area contributed by atoms with E-state index >= 15 is 0 Å². The van der Waals surface area contributed by atoms with Gasteiger partial charge in [0, 0.05) is 88.0 Å². The van der Waals surface area contributed by atoms with E-state index in [2.05, 4.69) is 31.1 Å². The molecule has 4 amide bonds. The SMILES string of the molecule is Cn1cc(NC(=O)c2ccc(C(=O)c3ccc(C(=O)Nc4cc(C(=O)NCCN5CCOCC5)n(C)c4)cc3)cc2)cc1C(=O)NCCN1CCCCCC1. The summed E-state index contributed by atoms with van der Waals surface area (Å²) in [5, 5.41) is 11.6. The van der Waals surface area contributed by atoms with Gasteiger partial charge in [-0.15, -0.1) is 0 Å². The van der Waals surface area contributed by atoms with Crippen LogP contribution in [0.15, 0.2) is 73.1 Å². The number of carbonyl (C=O) groups is 5. The molecule has 2 fully saturated rings. The zero-order valence-corrected chi connectivity index (χ0v) is 31.6. The van der Waals surface area contributed by atoms with Gasteiger partial charge in [0.15, 0.2) is 5.78 Å². The van der Waals surface area contributed by atoms with Gasteiger partial charge in [0.25, 0.3) is 23.6 Å². The molecule has 2 aromatic heterocycles. The van der Waals surface area contributed by atoms with Crippen molar-refractivity contribution >= 4 is 40.8 Å². The number of likely N-dealkylation sites (tertiary alicyclic amines) is 1. The van der Waals surface area contributed by atoms with Gasteiger partial charge in [-0.2, -0.15) is 0 Å². The highest BCUT2D eigenvalue weighted by Crippen LogP contribution is 2.18. The number of morpholine rings is 1. The summed E-state index contributed by atoms with van der Waals surface area (Å²) in [6, 6.07) is 15.9. The molecule has 0 aliphatic carbocycles. The van der Waals surface area contributed by atoms with E-state index in [0.717, 1.165) is 39.3 Å². The predicted molar refractivity (Wildman–Crippen MR) is 210 cm³/mol. The Morgan fingerprint density at radius 3 is 1.38 bits per heavy atom. The molecular weight excluding hydrogens is 701 g/mol. The minimum Gasteiger partial charge on any atom is -0.379 e. The third-order valence-corrected chi connectivity index (χ3v) is 10.0. The minimum absolute atomic E-state index is 0.198. The summed E-state index contributed by atoms with van der Waals surface area (Å²) in [7, 11) is 3.50. The summed E-state index contributed by atoms with van der Waals surface area (Å²) in [5.74, 6) is -1.44. The highest BCUT2D eigenvalue weighted by Gasteiger charge is 2.18. The molecule has 2 aromatic carbocycles. The molecule has 0 radical (unpaired) electrons. The van der Waals surface area contributed by atoms with Crippen molar-refractivity contribution in [3.8, 4) is 0 Å². The first kappa shape index (κ1) is 39.1. The van der Waals surface area contributed by atoms with E-state index in [4.69, 9.17) is 4.74 Å². The predicted octanol–water partition coefficient (Wildman–Crippen LogP) is 3.77. The summed E-state index contributed by atoms with van der Waals surface area (Å²) >= 11 is 0. The van der Waals surface area contributed by atoms with E-state index in [1.54, 1.807) is 96.3 Å². The number of hydrogen-bond acceptors (Lipinski definition) is 8. The molecule has 0 atom stereocenters. The summed E-state index contributed by atoms with van der Waals surface area (Å²) < 4.78 is 8.70. The highest BCUT2D eigenvalue weighted by molar-refractivity contribution is 6.11. The van der Waals surface area contributed by atoms with Gasteiger partial charge in [0.1, 0.15) is 11.4 Å². The van der Waals surface area contributed by atoms with Crippen LogP contribution in [0.25, 0.3) is 0 Å². The number of benzene rings is 2. The lowest BCUT2D eigenvalue weighted by atomic mass is 10.0. The van der Waals surface area contributed by atoms with Crippen molar-refractivity contribution in [2.24, 2.45) is 14.1 Å². The Balaban J connectivity index is 0.970. The Hall–Kier alpha value is -5.57. The van der Waals surface area contributed by atoms with Gasteiger partial charge in [-0.1, -0.05) is 37.1 Å².